The maximum atomic E-state index is 13.0. The molecule has 0 radical (unpaired) electrons. The van der Waals surface area contributed by atoms with Crippen molar-refractivity contribution >= 4 is 81.9 Å². The maximum Gasteiger partial charge on any atom is 2.00 e. The van der Waals surface area contributed by atoms with Crippen molar-refractivity contribution in [2.75, 3.05) is 26.4 Å². The first kappa shape index (κ1) is 109. The molecule has 113 heavy (non-hydrogen) atoms. The molecular weight excluding hydrogens is 1480 g/mol. The third-order valence-corrected chi connectivity index (χ3v) is 23.0. The fraction of sp³-hybridized carbons (Fsp3) is 0.750. The molecule has 0 aliphatic heterocycles. The van der Waals surface area contributed by atoms with Gasteiger partial charge in [0.1, 0.15) is 46.7 Å². The van der Waals surface area contributed by atoms with Gasteiger partial charge in [-0.25, -0.2) is 36.0 Å². The van der Waals surface area contributed by atoms with Crippen molar-refractivity contribution in [3.8, 4) is 0 Å². The van der Waals surface area contributed by atoms with Crippen molar-refractivity contribution in [3.05, 3.63) is 107 Å². The number of esters is 4. The molecule has 0 unspecified atom stereocenters. The summed E-state index contributed by atoms with van der Waals surface area (Å²) in [5, 5.41) is 0. The molecule has 0 atom stereocenters. The molecule has 0 saturated heterocycles. The number of hydrogen-bond donors (Lipinski definition) is 0. The van der Waals surface area contributed by atoms with E-state index in [1.807, 2.05) is 24.3 Å². The number of benzene rings is 2. The van der Waals surface area contributed by atoms with Gasteiger partial charge >= 0.3 is 61.6 Å². The first-order valence-corrected chi connectivity index (χ1v) is 48.9. The van der Waals surface area contributed by atoms with Crippen LogP contribution >= 0.6 is 0 Å². The zero-order chi connectivity index (χ0) is 81.6. The van der Waals surface area contributed by atoms with Crippen molar-refractivity contribution in [1.82, 2.24) is 0 Å². The van der Waals surface area contributed by atoms with Crippen molar-refractivity contribution in [2.24, 2.45) is 0 Å². The van der Waals surface area contributed by atoms with E-state index in [1.165, 1.54) is 371 Å². The molecule has 2 aromatic rings. The summed E-state index contributed by atoms with van der Waals surface area (Å²) in [6.45, 7) is 8.81. The molecule has 0 bridgehead atoms. The largest absolute Gasteiger partial charge is 2.00 e. The van der Waals surface area contributed by atoms with E-state index in [0.29, 0.717) is 0 Å². The number of hydrogen-bond acceptors (Lipinski definition) is 14. The Kier molecular flexibility index (Phi) is 78.2. The summed E-state index contributed by atoms with van der Waals surface area (Å²) in [4.78, 5) is 50.2. The molecule has 14 nitrogen and oxygen atoms in total. The topological polar surface area (TPSA) is 220 Å². The minimum absolute atomic E-state index is 0. The molecule has 0 saturated carbocycles. The zero-order valence-corrected chi connectivity index (χ0v) is 76.2. The first-order chi connectivity index (χ1) is 54.6. The van der Waals surface area contributed by atoms with E-state index in [0.717, 1.165) is 76.3 Å². The van der Waals surface area contributed by atoms with Crippen molar-refractivity contribution in [3.63, 3.8) is 0 Å². The van der Waals surface area contributed by atoms with Crippen molar-refractivity contribution in [1.29, 1.82) is 0 Å². The summed E-state index contributed by atoms with van der Waals surface area (Å²) in [5.74, 6) is -3.87. The molecule has 17 heteroatoms. The van der Waals surface area contributed by atoms with Gasteiger partial charge in [-0.1, -0.05) is 448 Å². The molecule has 2 rings (SSSR count). The second-order valence-corrected chi connectivity index (χ2v) is 34.2. The fourth-order valence-corrected chi connectivity index (χ4v) is 15.7. The number of allylic oxidation sites excluding steroid dienone is 4. The van der Waals surface area contributed by atoms with Crippen LogP contribution in [0.15, 0.2) is 94.8 Å². The maximum absolute atomic E-state index is 13.0. The average Bonchev–Trinajstić information content (AvgIpc) is 0.797. The van der Waals surface area contributed by atoms with E-state index < -0.39 is 65.0 Å². The van der Waals surface area contributed by atoms with E-state index >= 15 is 0 Å². The second kappa shape index (κ2) is 80.8. The van der Waals surface area contributed by atoms with Crippen LogP contribution in [0.3, 0.4) is 0 Å². The van der Waals surface area contributed by atoms with Crippen LogP contribution in [0.4, 0.5) is 0 Å². The van der Waals surface area contributed by atoms with Gasteiger partial charge < -0.3 is 28.1 Å². The number of carbonyl (C=O) groups excluding carboxylic acids is 4. The summed E-state index contributed by atoms with van der Waals surface area (Å²) in [5.41, 5.74) is -1.76. The number of ether oxygens (including phenoxy) is 4. The molecule has 0 fully saturated rings. The molecule has 0 aliphatic rings. The van der Waals surface area contributed by atoms with E-state index in [1.54, 1.807) is 24.3 Å². The second-order valence-electron chi connectivity index (χ2n) is 31.5. The van der Waals surface area contributed by atoms with Crippen LogP contribution in [0.25, 0.3) is 0 Å². The summed E-state index contributed by atoms with van der Waals surface area (Å²) >= 11 is 0. The van der Waals surface area contributed by atoms with Gasteiger partial charge in [-0.05, 0) is 75.6 Å². The third-order valence-electron chi connectivity index (χ3n) is 21.2. The van der Waals surface area contributed by atoms with Crippen molar-refractivity contribution < 1.29 is 64.1 Å². The average molecular weight is 1640 g/mol. The Labute approximate surface area is 722 Å². The molecule has 0 amide bonds. The number of rotatable bonds is 78. The van der Waals surface area contributed by atoms with Gasteiger partial charge in [-0.15, -0.1) is 0 Å². The van der Waals surface area contributed by atoms with Gasteiger partial charge in [0.15, 0.2) is 0 Å². The Balaban J connectivity index is 0.00000220. The smallest absolute Gasteiger partial charge is 0.744 e. The van der Waals surface area contributed by atoms with Crippen LogP contribution in [-0.4, -0.2) is 114 Å². The Bertz CT molecular complexity index is 2740. The molecule has 0 spiro atoms. The van der Waals surface area contributed by atoms with Crippen LogP contribution in [0, 0.1) is 0 Å². The Hall–Kier alpha value is -3.64. The first-order valence-electron chi connectivity index (χ1n) is 46.1. The zero-order valence-electron chi connectivity index (χ0n) is 72.4. The number of unbranched alkanes of at least 4 members (excludes halogenated alkanes) is 60. The van der Waals surface area contributed by atoms with Gasteiger partial charge in [0.2, 0.25) is 0 Å². The summed E-state index contributed by atoms with van der Waals surface area (Å²) in [6, 6.07) is 7.08. The molecule has 2 aromatic carbocycles. The van der Waals surface area contributed by atoms with E-state index in [9.17, 15) is 45.1 Å². The van der Waals surface area contributed by atoms with Gasteiger partial charge in [0, 0.05) is 0 Å². The van der Waals surface area contributed by atoms with E-state index in [4.69, 9.17) is 18.9 Å². The number of carbonyl (C=O) groups is 4. The van der Waals surface area contributed by atoms with Gasteiger partial charge in [0.05, 0.1) is 32.0 Å². The molecule has 0 N–H and O–H groups in total. The monoisotopic (exact) mass is 1640 g/mol. The van der Waals surface area contributed by atoms with Crippen LogP contribution < -0.4 is 0 Å². The molecule has 644 valence electrons. The fourth-order valence-electron chi connectivity index (χ4n) is 14.3. The van der Waals surface area contributed by atoms with Crippen LogP contribution in [0.2, 0.25) is 0 Å². The van der Waals surface area contributed by atoms with Gasteiger partial charge in [-0.2, -0.15) is 0 Å². The predicted octanol–water partition coefficient (Wildman–Crippen LogP) is 28.7. The SMILES string of the molecule is CCCCCCCCCCCCCCCCC/C=C/COC(=O)c1cccc(S(=O)(=O)[O-])c1C(=O)OC/C=C/CCCCCCCCCCCCCCCCC.CCCCCCCCCCCCCCCCC/C=C/COC(=O)c1cccc(S(=O)(=O)[O-])c1C(=O)OC/C=C/CCCCCCCCCCCCCCCCC.[Ca+2]. The summed E-state index contributed by atoms with van der Waals surface area (Å²) in [7, 11) is -10.1. The molecule has 0 aliphatic carbocycles. The molecule has 0 aromatic heterocycles. The normalized spacial score (nSPS) is 11.8. The van der Waals surface area contributed by atoms with E-state index in [-0.39, 0.29) is 75.3 Å². The van der Waals surface area contributed by atoms with Crippen LogP contribution in [0.1, 0.15) is 480 Å². The quantitative estimate of drug-likeness (QED) is 0.0150. The minimum atomic E-state index is -5.04. The van der Waals surface area contributed by atoms with Gasteiger partial charge in [0.25, 0.3) is 0 Å². The van der Waals surface area contributed by atoms with Crippen molar-refractivity contribution in [2.45, 2.75) is 448 Å². The molecular formula is C96H162CaO14S2. The van der Waals surface area contributed by atoms with Gasteiger partial charge in [-0.3, -0.25) is 0 Å². The predicted molar refractivity (Wildman–Crippen MR) is 470 cm³/mol. The minimum Gasteiger partial charge on any atom is -0.744 e. The molecule has 0 heterocycles. The standard InChI is InChI=1S/2C48H82O7S.Ca/c2*1-3-5-7-9-11-13-15-17-19-21-23-25-27-29-31-33-35-37-42-54-47(49)44-40-39-41-45(56(51,52)53)46(44)48(50)55-43-38-36-34-32-30-28-26-24-22-20-18-16-14-12-10-8-6-4-2;/h2*35-41H,3-34,42-43H2,1-2H3,(H,51,52,53);/q;;+2/p-2/b2*37-35+,38-36+;. The van der Waals surface area contributed by atoms with Crippen LogP contribution in [-0.2, 0) is 39.2 Å². The van der Waals surface area contributed by atoms with E-state index in [2.05, 4.69) is 27.7 Å². The Morgan fingerprint density at radius 3 is 0.575 bits per heavy atom. The van der Waals surface area contributed by atoms with Crippen LogP contribution in [0.5, 0.6) is 0 Å². The third kappa shape index (κ3) is 65.9. The summed E-state index contributed by atoms with van der Waals surface area (Å²) in [6.07, 6.45) is 97.0. The summed E-state index contributed by atoms with van der Waals surface area (Å²) < 4.78 is 93.1. The Morgan fingerprint density at radius 2 is 0.407 bits per heavy atom. The Morgan fingerprint density at radius 1 is 0.248 bits per heavy atom.